The molecule has 1 aliphatic carbocycles. The first-order chi connectivity index (χ1) is 14.3. The summed E-state index contributed by atoms with van der Waals surface area (Å²) >= 11 is 1.37. The summed E-state index contributed by atoms with van der Waals surface area (Å²) in [6.45, 7) is 0. The van der Waals surface area contributed by atoms with Gasteiger partial charge in [-0.15, -0.1) is 10.2 Å². The summed E-state index contributed by atoms with van der Waals surface area (Å²) in [6, 6.07) is 7.75. The Bertz CT molecular complexity index is 949. The van der Waals surface area contributed by atoms with Crippen LogP contribution in [0.25, 0.3) is 11.4 Å². The lowest BCUT2D eigenvalue weighted by Gasteiger charge is -2.25. The molecular formula is C20H22N6O2S. The van der Waals surface area contributed by atoms with E-state index >= 15 is 0 Å². The summed E-state index contributed by atoms with van der Waals surface area (Å²) in [5.41, 5.74) is 3.45. The molecule has 0 unspecified atom stereocenters. The van der Waals surface area contributed by atoms with E-state index in [2.05, 4.69) is 30.3 Å². The third-order valence-corrected chi connectivity index (χ3v) is 5.72. The molecule has 0 spiro atoms. The highest BCUT2D eigenvalue weighted by Gasteiger charge is 2.24. The molecule has 1 fully saturated rings. The average molecular weight is 411 g/mol. The van der Waals surface area contributed by atoms with Gasteiger partial charge in [0.25, 0.3) is 5.91 Å². The fraction of sp³-hybridized carbons (Fsp3) is 0.350. The molecule has 0 saturated heterocycles. The van der Waals surface area contributed by atoms with E-state index in [1.54, 1.807) is 30.8 Å². The van der Waals surface area contributed by atoms with Crippen LogP contribution in [0.5, 0.6) is 0 Å². The summed E-state index contributed by atoms with van der Waals surface area (Å²) in [5.74, 6) is 1.38. The molecule has 3 aromatic rings. The number of carbonyl (C=O) groups excluding carboxylic acids is 1. The number of hydrazone groups is 1. The highest BCUT2D eigenvalue weighted by atomic mass is 32.2. The second-order valence-electron chi connectivity index (χ2n) is 6.81. The monoisotopic (exact) mass is 410 g/mol. The first-order valence-electron chi connectivity index (χ1n) is 9.65. The number of aromatic nitrogens is 4. The molecule has 0 bridgehead atoms. The smallest absolute Gasteiger partial charge is 0.250 e. The summed E-state index contributed by atoms with van der Waals surface area (Å²) in [5, 5.41) is 13.4. The normalized spacial score (nSPS) is 15.0. The molecule has 8 nitrogen and oxygen atoms in total. The van der Waals surface area contributed by atoms with Crippen molar-refractivity contribution in [2.45, 2.75) is 43.3 Å². The second kappa shape index (κ2) is 9.51. The molecule has 1 N–H and O–H groups in total. The lowest BCUT2D eigenvalue weighted by atomic mass is 9.95. The van der Waals surface area contributed by atoms with Gasteiger partial charge < -0.3 is 4.42 Å². The van der Waals surface area contributed by atoms with Crippen molar-refractivity contribution in [3.63, 3.8) is 0 Å². The first-order valence-corrected chi connectivity index (χ1v) is 10.6. The SMILES string of the molecule is O=C(CSc1nnc(-c2cccnc2)n1C1CCCCC1)N/N=C/c1ccco1. The van der Waals surface area contributed by atoms with Gasteiger partial charge in [0.15, 0.2) is 11.0 Å². The predicted octanol–water partition coefficient (Wildman–Crippen LogP) is 3.68. The highest BCUT2D eigenvalue weighted by molar-refractivity contribution is 7.99. The van der Waals surface area contributed by atoms with Crippen LogP contribution in [0.2, 0.25) is 0 Å². The fourth-order valence-electron chi connectivity index (χ4n) is 3.43. The fourth-order valence-corrected chi connectivity index (χ4v) is 4.23. The Balaban J connectivity index is 1.46. The van der Waals surface area contributed by atoms with Crippen molar-refractivity contribution < 1.29 is 9.21 Å². The maximum atomic E-state index is 12.2. The minimum absolute atomic E-state index is 0.202. The number of nitrogens with one attached hydrogen (secondary N) is 1. The summed E-state index contributed by atoms with van der Waals surface area (Å²) in [4.78, 5) is 16.4. The molecule has 0 atom stereocenters. The summed E-state index contributed by atoms with van der Waals surface area (Å²) in [7, 11) is 0. The standard InChI is InChI=1S/C20H22N6O2S/c27-18(23-22-13-17-9-5-11-28-17)14-29-20-25-24-19(15-6-4-10-21-12-15)26(20)16-7-2-1-3-8-16/h4-6,9-13,16H,1-3,7-8,14H2,(H,23,27)/b22-13+. The molecule has 9 heteroatoms. The van der Waals surface area contributed by atoms with E-state index in [-0.39, 0.29) is 11.7 Å². The topological polar surface area (TPSA) is 98.2 Å². The van der Waals surface area contributed by atoms with Crippen molar-refractivity contribution in [3.8, 4) is 11.4 Å². The highest BCUT2D eigenvalue weighted by Crippen LogP contribution is 2.35. The van der Waals surface area contributed by atoms with Crippen molar-refractivity contribution in [1.29, 1.82) is 0 Å². The van der Waals surface area contributed by atoms with E-state index in [9.17, 15) is 4.79 Å². The number of pyridine rings is 1. The van der Waals surface area contributed by atoms with Crippen molar-refractivity contribution in [1.82, 2.24) is 25.2 Å². The van der Waals surface area contributed by atoms with Crippen LogP contribution in [0.4, 0.5) is 0 Å². The Labute approximate surface area is 172 Å². The third kappa shape index (κ3) is 4.92. The third-order valence-electron chi connectivity index (χ3n) is 4.78. The quantitative estimate of drug-likeness (QED) is 0.362. The zero-order chi connectivity index (χ0) is 19.9. The number of carbonyl (C=O) groups is 1. The molecule has 150 valence electrons. The molecule has 1 amide bonds. The van der Waals surface area contributed by atoms with Crippen LogP contribution >= 0.6 is 11.8 Å². The molecule has 0 aliphatic heterocycles. The van der Waals surface area contributed by atoms with Crippen LogP contribution in [0.1, 0.15) is 43.9 Å². The van der Waals surface area contributed by atoms with Gasteiger partial charge in [-0.2, -0.15) is 5.10 Å². The van der Waals surface area contributed by atoms with Gasteiger partial charge in [-0.3, -0.25) is 14.3 Å². The Morgan fingerprint density at radius 1 is 1.28 bits per heavy atom. The van der Waals surface area contributed by atoms with Crippen molar-refractivity contribution in [2.24, 2.45) is 5.10 Å². The van der Waals surface area contributed by atoms with Crippen LogP contribution in [0.3, 0.4) is 0 Å². The lowest BCUT2D eigenvalue weighted by molar-refractivity contribution is -0.118. The van der Waals surface area contributed by atoms with E-state index in [1.165, 1.54) is 37.2 Å². The van der Waals surface area contributed by atoms with Crippen LogP contribution in [0.15, 0.2) is 57.6 Å². The molecule has 3 heterocycles. The molecule has 0 aromatic carbocycles. The summed E-state index contributed by atoms with van der Waals surface area (Å²) in [6.07, 6.45) is 12.4. The van der Waals surface area contributed by atoms with Crippen LogP contribution in [-0.4, -0.2) is 37.6 Å². The van der Waals surface area contributed by atoms with Crippen LogP contribution < -0.4 is 5.43 Å². The molecule has 29 heavy (non-hydrogen) atoms. The zero-order valence-corrected chi connectivity index (χ0v) is 16.7. The minimum atomic E-state index is -0.209. The minimum Gasteiger partial charge on any atom is -0.463 e. The van der Waals surface area contributed by atoms with Crippen molar-refractivity contribution in [2.75, 3.05) is 5.75 Å². The van der Waals surface area contributed by atoms with Crippen molar-refractivity contribution >= 4 is 23.9 Å². The van der Waals surface area contributed by atoms with Gasteiger partial charge in [-0.25, -0.2) is 5.43 Å². The van der Waals surface area contributed by atoms with Gasteiger partial charge in [-0.1, -0.05) is 31.0 Å². The number of furan rings is 1. The first kappa shape index (κ1) is 19.4. The predicted molar refractivity (Wildman–Crippen MR) is 111 cm³/mol. The number of nitrogens with zero attached hydrogens (tertiary/aromatic N) is 5. The van der Waals surface area contributed by atoms with Gasteiger partial charge in [-0.05, 0) is 37.1 Å². The molecular weight excluding hydrogens is 388 g/mol. The molecule has 4 rings (SSSR count). The Morgan fingerprint density at radius 3 is 2.93 bits per heavy atom. The van der Waals surface area contributed by atoms with Gasteiger partial charge >= 0.3 is 0 Å². The van der Waals surface area contributed by atoms with E-state index in [1.807, 2.05) is 12.1 Å². The number of thioether (sulfide) groups is 1. The molecule has 1 aliphatic rings. The number of hydrogen-bond donors (Lipinski definition) is 1. The Morgan fingerprint density at radius 2 is 2.17 bits per heavy atom. The van der Waals surface area contributed by atoms with Gasteiger partial charge in [0, 0.05) is 24.0 Å². The van der Waals surface area contributed by atoms with E-state index in [0.29, 0.717) is 11.8 Å². The lowest BCUT2D eigenvalue weighted by Crippen LogP contribution is -2.20. The molecule has 0 radical (unpaired) electrons. The average Bonchev–Trinajstić information content (AvgIpc) is 3.43. The van der Waals surface area contributed by atoms with Crippen LogP contribution in [-0.2, 0) is 4.79 Å². The number of rotatable bonds is 7. The molecule has 1 saturated carbocycles. The van der Waals surface area contributed by atoms with Gasteiger partial charge in [0.1, 0.15) is 5.76 Å². The number of amides is 1. The maximum Gasteiger partial charge on any atom is 0.250 e. The Kier molecular flexibility index (Phi) is 6.35. The number of hydrogen-bond acceptors (Lipinski definition) is 7. The van der Waals surface area contributed by atoms with Crippen LogP contribution in [0, 0.1) is 0 Å². The summed E-state index contributed by atoms with van der Waals surface area (Å²) < 4.78 is 7.32. The zero-order valence-electron chi connectivity index (χ0n) is 15.9. The molecule has 3 aromatic heterocycles. The van der Waals surface area contributed by atoms with Gasteiger partial charge in [0.05, 0.1) is 18.2 Å². The Hall–Kier alpha value is -2.94. The van der Waals surface area contributed by atoms with Gasteiger partial charge in [0.2, 0.25) is 0 Å². The van der Waals surface area contributed by atoms with Crippen molar-refractivity contribution in [3.05, 3.63) is 48.7 Å². The largest absolute Gasteiger partial charge is 0.463 e. The second-order valence-corrected chi connectivity index (χ2v) is 7.75. The maximum absolute atomic E-state index is 12.2. The van der Waals surface area contributed by atoms with E-state index in [0.717, 1.165) is 29.4 Å². The van der Waals surface area contributed by atoms with E-state index in [4.69, 9.17) is 4.42 Å². The van der Waals surface area contributed by atoms with E-state index < -0.39 is 0 Å².